The third-order valence-corrected chi connectivity index (χ3v) is 4.97. The first kappa shape index (κ1) is 23.2. The first-order chi connectivity index (χ1) is 15.2. The van der Waals surface area contributed by atoms with Gasteiger partial charge in [0, 0.05) is 22.3 Å². The van der Waals surface area contributed by atoms with Crippen LogP contribution in [0.3, 0.4) is 0 Å². The molecule has 0 radical (unpaired) electrons. The van der Waals surface area contributed by atoms with E-state index in [2.05, 4.69) is 32.8 Å². The van der Waals surface area contributed by atoms with Crippen LogP contribution in [0.1, 0.15) is 39.8 Å². The van der Waals surface area contributed by atoms with Crippen LogP contribution in [0, 0.1) is 0 Å². The van der Waals surface area contributed by atoms with E-state index >= 15 is 0 Å². The van der Waals surface area contributed by atoms with E-state index in [1.54, 1.807) is 23.6 Å². The number of thiazole rings is 1. The van der Waals surface area contributed by atoms with E-state index in [1.165, 1.54) is 11.3 Å². The summed E-state index contributed by atoms with van der Waals surface area (Å²) in [6.45, 7) is 7.51. The minimum Gasteiger partial charge on any atom is -0.444 e. The van der Waals surface area contributed by atoms with Crippen molar-refractivity contribution in [1.29, 1.82) is 0 Å². The molecule has 0 saturated carbocycles. The molecule has 0 atom stereocenters. The lowest BCUT2D eigenvalue weighted by atomic mass is 10.2. The molecule has 9 heteroatoms. The second kappa shape index (κ2) is 10.2. The van der Waals surface area contributed by atoms with Gasteiger partial charge < -0.3 is 4.74 Å². The highest BCUT2D eigenvalue weighted by atomic mass is 32.1. The molecular formula is C23H27N5O3S. The van der Waals surface area contributed by atoms with E-state index in [9.17, 15) is 9.59 Å². The van der Waals surface area contributed by atoms with Crippen molar-refractivity contribution < 1.29 is 14.3 Å². The number of amides is 3. The number of hydrogen-bond donors (Lipinski definition) is 3. The van der Waals surface area contributed by atoms with E-state index in [0.29, 0.717) is 17.3 Å². The lowest BCUT2D eigenvalue weighted by Crippen LogP contribution is -2.27. The van der Waals surface area contributed by atoms with Crippen LogP contribution in [-0.4, -0.2) is 27.7 Å². The number of benzene rings is 1. The van der Waals surface area contributed by atoms with Gasteiger partial charge in [-0.15, -0.1) is 11.3 Å². The molecule has 32 heavy (non-hydrogen) atoms. The Hall–Kier alpha value is -3.46. The zero-order valence-electron chi connectivity index (χ0n) is 18.6. The smallest absolute Gasteiger partial charge is 0.412 e. The Kier molecular flexibility index (Phi) is 7.42. The molecule has 0 aliphatic carbocycles. The fourth-order valence-electron chi connectivity index (χ4n) is 2.79. The number of ether oxygens (including phenoxy) is 1. The first-order valence-corrected chi connectivity index (χ1v) is 11.2. The maximum absolute atomic E-state index is 12.3. The number of hydrogen-bond acceptors (Lipinski definition) is 6. The fraction of sp³-hybridized carbons (Fsp3) is 0.304. The number of urea groups is 1. The molecule has 168 valence electrons. The third-order valence-electron chi connectivity index (χ3n) is 4.08. The topological polar surface area (TPSA) is 105 Å². The van der Waals surface area contributed by atoms with Crippen LogP contribution < -0.4 is 16.0 Å². The van der Waals surface area contributed by atoms with E-state index < -0.39 is 17.7 Å². The maximum Gasteiger partial charge on any atom is 0.412 e. The van der Waals surface area contributed by atoms with Gasteiger partial charge in [-0.05, 0) is 63.6 Å². The molecule has 0 unspecified atom stereocenters. The highest BCUT2D eigenvalue weighted by Crippen LogP contribution is 2.27. The van der Waals surface area contributed by atoms with Gasteiger partial charge >= 0.3 is 12.1 Å². The second-order valence-electron chi connectivity index (χ2n) is 8.09. The zero-order valence-corrected chi connectivity index (χ0v) is 19.4. The number of anilines is 3. The number of carbonyl (C=O) groups is 2. The van der Waals surface area contributed by atoms with Gasteiger partial charge in [-0.2, -0.15) is 0 Å². The minimum absolute atomic E-state index is 0.403. The lowest BCUT2D eigenvalue weighted by Gasteiger charge is -2.19. The standard InChI is InChI=1S/C23H27N5O3S/c1-5-7-16-8-6-9-18(24-16)27-21(29)28-19-14-32-20(26-19)15-10-12-17(13-11-15)25-22(30)31-23(2,3)4/h6,8-14H,5,7H2,1-4H3,(H,25,30)(H2,24,27,28,29). The van der Waals surface area contributed by atoms with Gasteiger partial charge in [0.05, 0.1) is 0 Å². The highest BCUT2D eigenvalue weighted by molar-refractivity contribution is 7.13. The molecule has 0 saturated heterocycles. The Bertz CT molecular complexity index is 1070. The van der Waals surface area contributed by atoms with Gasteiger partial charge in [-0.3, -0.25) is 16.0 Å². The third kappa shape index (κ3) is 7.05. The summed E-state index contributed by atoms with van der Waals surface area (Å²) >= 11 is 1.41. The number of nitrogens with one attached hydrogen (secondary N) is 3. The molecular weight excluding hydrogens is 426 g/mol. The molecule has 3 amide bonds. The summed E-state index contributed by atoms with van der Waals surface area (Å²) in [5.74, 6) is 0.945. The number of carbonyl (C=O) groups excluding carboxylic acids is 2. The molecule has 0 spiro atoms. The van der Waals surface area contributed by atoms with Crippen LogP contribution in [0.25, 0.3) is 10.6 Å². The van der Waals surface area contributed by atoms with Crippen molar-refractivity contribution in [2.75, 3.05) is 16.0 Å². The van der Waals surface area contributed by atoms with Gasteiger partial charge in [-0.25, -0.2) is 19.6 Å². The molecule has 1 aromatic carbocycles. The molecule has 8 nitrogen and oxygen atoms in total. The van der Waals surface area contributed by atoms with Gasteiger partial charge in [0.1, 0.15) is 22.2 Å². The second-order valence-corrected chi connectivity index (χ2v) is 8.94. The quantitative estimate of drug-likeness (QED) is 0.415. The molecule has 3 N–H and O–H groups in total. The van der Waals surface area contributed by atoms with Crippen molar-refractivity contribution in [3.05, 3.63) is 53.5 Å². The molecule has 3 rings (SSSR count). The summed E-state index contributed by atoms with van der Waals surface area (Å²) in [7, 11) is 0. The predicted molar refractivity (Wildman–Crippen MR) is 128 cm³/mol. The van der Waals surface area contributed by atoms with E-state index in [-0.39, 0.29) is 0 Å². The number of rotatable bonds is 6. The zero-order chi connectivity index (χ0) is 23.1. The van der Waals surface area contributed by atoms with Crippen molar-refractivity contribution in [3.63, 3.8) is 0 Å². The number of aryl methyl sites for hydroxylation is 1. The molecule has 0 bridgehead atoms. The van der Waals surface area contributed by atoms with Gasteiger partial charge in [0.15, 0.2) is 0 Å². The molecule has 0 aliphatic rings. The normalized spacial score (nSPS) is 11.0. The lowest BCUT2D eigenvalue weighted by molar-refractivity contribution is 0.0636. The van der Waals surface area contributed by atoms with Crippen molar-refractivity contribution in [1.82, 2.24) is 9.97 Å². The Labute approximate surface area is 191 Å². The first-order valence-electron chi connectivity index (χ1n) is 10.3. The van der Waals surface area contributed by atoms with Crippen LogP contribution in [0.15, 0.2) is 47.8 Å². The molecule has 3 aromatic rings. The van der Waals surface area contributed by atoms with E-state index in [1.807, 2.05) is 45.0 Å². The van der Waals surface area contributed by atoms with E-state index in [0.717, 1.165) is 29.1 Å². The summed E-state index contributed by atoms with van der Waals surface area (Å²) in [6.07, 6.45) is 1.34. The van der Waals surface area contributed by atoms with E-state index in [4.69, 9.17) is 4.74 Å². The average Bonchev–Trinajstić information content (AvgIpc) is 3.16. The number of pyridine rings is 1. The monoisotopic (exact) mass is 453 g/mol. The predicted octanol–water partition coefficient (Wildman–Crippen LogP) is 6.15. The molecule has 0 aliphatic heterocycles. The van der Waals surface area contributed by atoms with Gasteiger partial charge in [0.2, 0.25) is 0 Å². The minimum atomic E-state index is -0.561. The summed E-state index contributed by atoms with van der Waals surface area (Å²) in [5.41, 5.74) is 1.86. The maximum atomic E-state index is 12.3. The molecule has 2 aromatic heterocycles. The summed E-state index contributed by atoms with van der Waals surface area (Å²) in [5, 5.41) is 10.7. The Morgan fingerprint density at radius 2 is 1.69 bits per heavy atom. The van der Waals surface area contributed by atoms with Crippen molar-refractivity contribution in [3.8, 4) is 10.6 Å². The Morgan fingerprint density at radius 1 is 0.969 bits per heavy atom. The Morgan fingerprint density at radius 3 is 2.38 bits per heavy atom. The van der Waals surface area contributed by atoms with Crippen LogP contribution in [0.4, 0.5) is 26.9 Å². The van der Waals surface area contributed by atoms with Crippen LogP contribution in [-0.2, 0) is 11.2 Å². The fourth-order valence-corrected chi connectivity index (χ4v) is 3.55. The summed E-state index contributed by atoms with van der Waals surface area (Å²) in [4.78, 5) is 33.0. The van der Waals surface area contributed by atoms with Gasteiger partial charge in [-0.1, -0.05) is 19.4 Å². The van der Waals surface area contributed by atoms with Crippen molar-refractivity contribution in [2.24, 2.45) is 0 Å². The van der Waals surface area contributed by atoms with Crippen molar-refractivity contribution >= 4 is 40.8 Å². The molecule has 2 heterocycles. The van der Waals surface area contributed by atoms with Crippen LogP contribution in [0.5, 0.6) is 0 Å². The van der Waals surface area contributed by atoms with Crippen LogP contribution >= 0.6 is 11.3 Å². The number of aromatic nitrogens is 2. The van der Waals surface area contributed by atoms with Crippen LogP contribution in [0.2, 0.25) is 0 Å². The highest BCUT2D eigenvalue weighted by Gasteiger charge is 2.16. The van der Waals surface area contributed by atoms with Gasteiger partial charge in [0.25, 0.3) is 0 Å². The number of nitrogens with zero attached hydrogens (tertiary/aromatic N) is 2. The summed E-state index contributed by atoms with van der Waals surface area (Å²) < 4.78 is 5.25. The SMILES string of the molecule is CCCc1cccc(NC(=O)Nc2csc(-c3ccc(NC(=O)OC(C)(C)C)cc3)n2)n1. The Balaban J connectivity index is 1.57. The largest absolute Gasteiger partial charge is 0.444 e. The van der Waals surface area contributed by atoms with Crippen molar-refractivity contribution in [2.45, 2.75) is 46.1 Å². The average molecular weight is 454 g/mol. The summed E-state index contributed by atoms with van der Waals surface area (Å²) in [6, 6.07) is 12.4. The molecule has 0 fully saturated rings.